The quantitative estimate of drug-likeness (QED) is 0.837. The smallest absolute Gasteiger partial charge is 0.0821 e. The van der Waals surface area contributed by atoms with Crippen LogP contribution in [0.15, 0.2) is 30.6 Å². The van der Waals surface area contributed by atoms with Gasteiger partial charge >= 0.3 is 0 Å². The molecule has 2 aromatic heterocycles. The second-order valence-electron chi connectivity index (χ2n) is 4.29. The van der Waals surface area contributed by atoms with Crippen LogP contribution >= 0.6 is 0 Å². The van der Waals surface area contributed by atoms with Gasteiger partial charge < -0.3 is 10.3 Å². The van der Waals surface area contributed by atoms with E-state index in [-0.39, 0.29) is 6.04 Å². The van der Waals surface area contributed by atoms with E-state index >= 15 is 0 Å². The van der Waals surface area contributed by atoms with Crippen molar-refractivity contribution in [3.05, 3.63) is 42.0 Å². The van der Waals surface area contributed by atoms with Crippen molar-refractivity contribution >= 4 is 0 Å². The zero-order chi connectivity index (χ0) is 11.5. The van der Waals surface area contributed by atoms with Crippen molar-refractivity contribution < 1.29 is 0 Å². The van der Waals surface area contributed by atoms with E-state index in [1.54, 1.807) is 0 Å². The number of aromatic nitrogens is 3. The molecule has 16 heavy (non-hydrogen) atoms. The van der Waals surface area contributed by atoms with Gasteiger partial charge in [0.25, 0.3) is 0 Å². The summed E-state index contributed by atoms with van der Waals surface area (Å²) in [6.45, 7) is 2.84. The Balaban J connectivity index is 2.12. The van der Waals surface area contributed by atoms with Crippen LogP contribution in [0, 0.1) is 0 Å². The average Bonchev–Trinajstić information content (AvgIpc) is 2.77. The SMILES string of the molecule is CC(N)Cc1cccn1Cc1ccn(C)n1. The van der Waals surface area contributed by atoms with Gasteiger partial charge in [0.1, 0.15) is 0 Å². The van der Waals surface area contributed by atoms with Gasteiger partial charge in [0.2, 0.25) is 0 Å². The van der Waals surface area contributed by atoms with Crippen LogP contribution in [0.3, 0.4) is 0 Å². The van der Waals surface area contributed by atoms with E-state index in [1.165, 1.54) is 5.69 Å². The Morgan fingerprint density at radius 3 is 2.81 bits per heavy atom. The highest BCUT2D eigenvalue weighted by atomic mass is 15.3. The van der Waals surface area contributed by atoms with Crippen molar-refractivity contribution in [1.82, 2.24) is 14.3 Å². The summed E-state index contributed by atoms with van der Waals surface area (Å²) in [5, 5.41) is 4.37. The zero-order valence-electron chi connectivity index (χ0n) is 9.80. The lowest BCUT2D eigenvalue weighted by atomic mass is 10.2. The molecule has 4 nitrogen and oxygen atoms in total. The number of nitrogens with two attached hydrogens (primary N) is 1. The largest absolute Gasteiger partial charge is 0.345 e. The molecule has 2 N–H and O–H groups in total. The topological polar surface area (TPSA) is 48.8 Å². The lowest BCUT2D eigenvalue weighted by Gasteiger charge is -2.09. The molecule has 2 rings (SSSR count). The predicted molar refractivity (Wildman–Crippen MR) is 64.1 cm³/mol. The Morgan fingerprint density at radius 1 is 1.38 bits per heavy atom. The fraction of sp³-hybridized carbons (Fsp3) is 0.417. The molecule has 4 heteroatoms. The van der Waals surface area contributed by atoms with E-state index in [0.717, 1.165) is 18.7 Å². The molecule has 0 radical (unpaired) electrons. The molecule has 0 saturated carbocycles. The maximum absolute atomic E-state index is 5.82. The Hall–Kier alpha value is -1.55. The van der Waals surface area contributed by atoms with Gasteiger partial charge in [-0.15, -0.1) is 0 Å². The van der Waals surface area contributed by atoms with Crippen molar-refractivity contribution in [2.75, 3.05) is 0 Å². The van der Waals surface area contributed by atoms with Gasteiger partial charge in [0.05, 0.1) is 12.2 Å². The second kappa shape index (κ2) is 4.53. The highest BCUT2D eigenvalue weighted by molar-refractivity contribution is 5.11. The van der Waals surface area contributed by atoms with Crippen LogP contribution in [0.1, 0.15) is 18.3 Å². The van der Waals surface area contributed by atoms with Gasteiger partial charge in [-0.25, -0.2) is 0 Å². The molecular weight excluding hydrogens is 200 g/mol. The Kier molecular flexibility index (Phi) is 3.10. The summed E-state index contributed by atoms with van der Waals surface area (Å²) >= 11 is 0. The summed E-state index contributed by atoms with van der Waals surface area (Å²) in [5.41, 5.74) is 8.16. The van der Waals surface area contributed by atoms with Crippen molar-refractivity contribution in [2.24, 2.45) is 12.8 Å². The normalized spacial score (nSPS) is 12.9. The molecule has 0 aromatic carbocycles. The molecule has 0 spiro atoms. The molecule has 86 valence electrons. The number of hydrogen-bond acceptors (Lipinski definition) is 2. The third-order valence-corrected chi connectivity index (χ3v) is 2.56. The van der Waals surface area contributed by atoms with Crippen molar-refractivity contribution in [3.63, 3.8) is 0 Å². The summed E-state index contributed by atoms with van der Waals surface area (Å²) in [6, 6.07) is 6.40. The first-order valence-electron chi connectivity index (χ1n) is 5.53. The molecule has 0 fully saturated rings. The molecule has 0 aliphatic rings. The van der Waals surface area contributed by atoms with Gasteiger partial charge in [-0.2, -0.15) is 5.10 Å². The van der Waals surface area contributed by atoms with E-state index in [4.69, 9.17) is 5.73 Å². The van der Waals surface area contributed by atoms with Crippen LogP contribution in [0.25, 0.3) is 0 Å². The molecule has 2 aromatic rings. The maximum Gasteiger partial charge on any atom is 0.0821 e. The molecule has 0 bridgehead atoms. The van der Waals surface area contributed by atoms with Crippen LogP contribution in [-0.2, 0) is 20.0 Å². The molecule has 0 amide bonds. The van der Waals surface area contributed by atoms with Gasteiger partial charge in [0.15, 0.2) is 0 Å². The van der Waals surface area contributed by atoms with Crippen molar-refractivity contribution in [1.29, 1.82) is 0 Å². The van der Waals surface area contributed by atoms with Gasteiger partial charge in [-0.1, -0.05) is 0 Å². The first kappa shape index (κ1) is 11.0. The minimum atomic E-state index is 0.192. The standard InChI is InChI=1S/C12H18N4/c1-10(13)8-12-4-3-6-16(12)9-11-5-7-15(2)14-11/h3-7,10H,8-9,13H2,1-2H3. The van der Waals surface area contributed by atoms with Crippen LogP contribution in [0.2, 0.25) is 0 Å². The fourth-order valence-corrected chi connectivity index (χ4v) is 1.84. The van der Waals surface area contributed by atoms with Crippen LogP contribution in [0.4, 0.5) is 0 Å². The molecular formula is C12H18N4. The predicted octanol–water partition coefficient (Wildman–Crippen LogP) is 1.16. The van der Waals surface area contributed by atoms with E-state index in [9.17, 15) is 0 Å². The molecule has 1 atom stereocenters. The fourth-order valence-electron chi connectivity index (χ4n) is 1.84. The summed E-state index contributed by atoms with van der Waals surface area (Å²) in [6.07, 6.45) is 4.94. The van der Waals surface area contributed by atoms with Crippen LogP contribution < -0.4 is 5.73 Å². The molecule has 0 aliphatic heterocycles. The summed E-state index contributed by atoms with van der Waals surface area (Å²) in [4.78, 5) is 0. The van der Waals surface area contributed by atoms with Gasteiger partial charge in [-0.3, -0.25) is 4.68 Å². The lowest BCUT2D eigenvalue weighted by molar-refractivity contribution is 0.649. The minimum Gasteiger partial charge on any atom is -0.345 e. The number of rotatable bonds is 4. The number of nitrogens with zero attached hydrogens (tertiary/aromatic N) is 3. The van der Waals surface area contributed by atoms with E-state index in [2.05, 4.69) is 28.0 Å². The molecule has 0 saturated heterocycles. The highest BCUT2D eigenvalue weighted by Gasteiger charge is 2.05. The lowest BCUT2D eigenvalue weighted by Crippen LogP contribution is -2.20. The Bertz CT molecular complexity index is 453. The third-order valence-electron chi connectivity index (χ3n) is 2.56. The van der Waals surface area contributed by atoms with E-state index in [0.29, 0.717) is 0 Å². The summed E-state index contributed by atoms with van der Waals surface area (Å²) in [5.74, 6) is 0. The van der Waals surface area contributed by atoms with E-state index < -0.39 is 0 Å². The Labute approximate surface area is 95.7 Å². The zero-order valence-corrected chi connectivity index (χ0v) is 9.80. The monoisotopic (exact) mass is 218 g/mol. The van der Waals surface area contributed by atoms with E-state index in [1.807, 2.05) is 30.9 Å². The third kappa shape index (κ3) is 2.52. The molecule has 2 heterocycles. The van der Waals surface area contributed by atoms with Crippen LogP contribution in [0.5, 0.6) is 0 Å². The first-order valence-corrected chi connectivity index (χ1v) is 5.53. The van der Waals surface area contributed by atoms with Crippen molar-refractivity contribution in [3.8, 4) is 0 Å². The molecule has 1 unspecified atom stereocenters. The maximum atomic E-state index is 5.82. The first-order chi connectivity index (χ1) is 7.65. The van der Waals surface area contributed by atoms with Crippen LogP contribution in [-0.4, -0.2) is 20.4 Å². The second-order valence-corrected chi connectivity index (χ2v) is 4.29. The van der Waals surface area contributed by atoms with Gasteiger partial charge in [-0.05, 0) is 25.1 Å². The van der Waals surface area contributed by atoms with Crippen molar-refractivity contribution in [2.45, 2.75) is 25.9 Å². The number of hydrogen-bond donors (Lipinski definition) is 1. The number of aryl methyl sites for hydroxylation is 1. The molecule has 0 aliphatic carbocycles. The van der Waals surface area contributed by atoms with Gasteiger partial charge in [0, 0.05) is 37.6 Å². The highest BCUT2D eigenvalue weighted by Crippen LogP contribution is 2.08. The summed E-state index contributed by atoms with van der Waals surface area (Å²) < 4.78 is 4.02. The minimum absolute atomic E-state index is 0.192. The average molecular weight is 218 g/mol. The Morgan fingerprint density at radius 2 is 2.19 bits per heavy atom. The summed E-state index contributed by atoms with van der Waals surface area (Å²) in [7, 11) is 1.93.